The number of nitro benzene ring substituents is 1. The van der Waals surface area contributed by atoms with Crippen LogP contribution in [0.2, 0.25) is 0 Å². The quantitative estimate of drug-likeness (QED) is 0.347. The molecule has 0 radical (unpaired) electrons. The number of halogens is 4. The molecule has 0 bridgehead atoms. The molecule has 2 aromatic rings. The second-order valence-electron chi connectivity index (χ2n) is 5.57. The number of alkyl halides is 3. The van der Waals surface area contributed by atoms with E-state index in [0.717, 1.165) is 6.07 Å². The van der Waals surface area contributed by atoms with Gasteiger partial charge in [0.05, 0.1) is 15.4 Å². The lowest BCUT2D eigenvalue weighted by atomic mass is 10.1. The Bertz CT molecular complexity index is 1070. The number of hydrogen-bond donors (Lipinski definition) is 1. The minimum Gasteiger partial charge on any atom is -0.449 e. The number of carbonyl (C=O) groups excluding carboxylic acids is 2. The second kappa shape index (κ2) is 7.87. The van der Waals surface area contributed by atoms with Crippen molar-refractivity contribution in [2.45, 2.75) is 6.18 Å². The van der Waals surface area contributed by atoms with Gasteiger partial charge in [-0.25, -0.2) is 0 Å². The summed E-state index contributed by atoms with van der Waals surface area (Å²) < 4.78 is 44.6. The van der Waals surface area contributed by atoms with Crippen molar-refractivity contribution in [3.8, 4) is 11.5 Å². The molecule has 0 aromatic heterocycles. The lowest BCUT2D eigenvalue weighted by Gasteiger charge is -2.12. The molecule has 1 fully saturated rings. The molecule has 12 heteroatoms. The monoisotopic (exact) mass is 488 g/mol. The Morgan fingerprint density at radius 1 is 1.14 bits per heavy atom. The number of carbonyl (C=O) groups is 2. The lowest BCUT2D eigenvalue weighted by molar-refractivity contribution is -0.385. The van der Waals surface area contributed by atoms with Crippen LogP contribution in [-0.4, -0.2) is 16.1 Å². The van der Waals surface area contributed by atoms with E-state index in [2.05, 4.69) is 21.2 Å². The zero-order valence-corrected chi connectivity index (χ0v) is 16.4. The van der Waals surface area contributed by atoms with Gasteiger partial charge in [-0.05, 0) is 48.2 Å². The van der Waals surface area contributed by atoms with Crippen molar-refractivity contribution < 1.29 is 32.4 Å². The predicted molar refractivity (Wildman–Crippen MR) is 101 cm³/mol. The molecule has 1 saturated heterocycles. The van der Waals surface area contributed by atoms with Crippen molar-refractivity contribution in [3.05, 3.63) is 67.0 Å². The topological polar surface area (TPSA) is 98.5 Å². The number of nitrogens with zero attached hydrogens (tertiary/aromatic N) is 1. The molecule has 2 aromatic carbocycles. The van der Waals surface area contributed by atoms with E-state index in [-0.39, 0.29) is 16.2 Å². The number of benzene rings is 2. The van der Waals surface area contributed by atoms with E-state index in [0.29, 0.717) is 28.4 Å². The van der Waals surface area contributed by atoms with Crippen LogP contribution in [0.3, 0.4) is 0 Å². The van der Waals surface area contributed by atoms with Crippen LogP contribution < -0.4 is 10.1 Å². The van der Waals surface area contributed by atoms with Gasteiger partial charge >= 0.3 is 11.9 Å². The Balaban J connectivity index is 2.03. The van der Waals surface area contributed by atoms with Crippen molar-refractivity contribution in [1.29, 1.82) is 0 Å². The molecule has 7 nitrogen and oxygen atoms in total. The summed E-state index contributed by atoms with van der Waals surface area (Å²) in [7, 11) is 0. The first-order chi connectivity index (χ1) is 13.5. The normalized spacial score (nSPS) is 15.5. The van der Waals surface area contributed by atoms with E-state index >= 15 is 0 Å². The van der Waals surface area contributed by atoms with E-state index in [4.69, 9.17) is 4.74 Å². The zero-order chi connectivity index (χ0) is 21.3. The van der Waals surface area contributed by atoms with Crippen LogP contribution >= 0.6 is 27.7 Å². The first-order valence-corrected chi connectivity index (χ1v) is 9.23. The van der Waals surface area contributed by atoms with E-state index in [1.54, 1.807) is 6.07 Å². The van der Waals surface area contributed by atoms with Crippen molar-refractivity contribution in [2.75, 3.05) is 0 Å². The number of ether oxygens (including phenoxy) is 1. The van der Waals surface area contributed by atoms with Crippen LogP contribution in [0.5, 0.6) is 11.5 Å². The molecule has 1 heterocycles. The summed E-state index contributed by atoms with van der Waals surface area (Å²) in [6, 6.07) is 6.37. The SMILES string of the molecule is O=C1NC(=O)/C(=C/c2cc(Br)ccc2Oc2ccc(C(F)(F)F)cc2[N+](=O)[O-])S1. The summed E-state index contributed by atoms with van der Waals surface area (Å²) in [6.07, 6.45) is -3.42. The average Bonchev–Trinajstić information content (AvgIpc) is 2.93. The molecule has 0 aliphatic carbocycles. The fourth-order valence-electron chi connectivity index (χ4n) is 2.33. The third-order valence-corrected chi connectivity index (χ3v) is 4.91. The van der Waals surface area contributed by atoms with Crippen LogP contribution in [0.25, 0.3) is 6.08 Å². The van der Waals surface area contributed by atoms with Gasteiger partial charge < -0.3 is 4.74 Å². The highest BCUT2D eigenvalue weighted by Gasteiger charge is 2.33. The number of hydrogen-bond acceptors (Lipinski definition) is 6. The summed E-state index contributed by atoms with van der Waals surface area (Å²) in [6.45, 7) is 0. The van der Waals surface area contributed by atoms with Gasteiger partial charge in [0.15, 0.2) is 0 Å². The van der Waals surface area contributed by atoms with Crippen molar-refractivity contribution in [3.63, 3.8) is 0 Å². The molecule has 0 atom stereocenters. The molecule has 29 heavy (non-hydrogen) atoms. The number of rotatable bonds is 4. The molecule has 0 spiro atoms. The third-order valence-electron chi connectivity index (χ3n) is 3.60. The molecule has 1 aliphatic rings. The number of amides is 2. The largest absolute Gasteiger partial charge is 0.449 e. The van der Waals surface area contributed by atoms with E-state index < -0.39 is 39.2 Å². The predicted octanol–water partition coefficient (Wildman–Crippen LogP) is 5.49. The van der Waals surface area contributed by atoms with E-state index in [1.807, 2.05) is 0 Å². The van der Waals surface area contributed by atoms with Gasteiger partial charge in [0.2, 0.25) is 5.75 Å². The molecule has 3 rings (SSSR count). The summed E-state index contributed by atoms with van der Waals surface area (Å²) in [5, 5.41) is 12.8. The van der Waals surface area contributed by atoms with Gasteiger partial charge in [-0.15, -0.1) is 0 Å². The molecular formula is C17H8BrF3N2O5S. The highest BCUT2D eigenvalue weighted by molar-refractivity contribution is 9.10. The third kappa shape index (κ3) is 4.77. The smallest absolute Gasteiger partial charge is 0.416 e. The van der Waals surface area contributed by atoms with Crippen LogP contribution in [0.15, 0.2) is 45.8 Å². The first-order valence-electron chi connectivity index (χ1n) is 7.62. The summed E-state index contributed by atoms with van der Waals surface area (Å²) >= 11 is 3.89. The van der Waals surface area contributed by atoms with Crippen LogP contribution in [0.4, 0.5) is 23.7 Å². The maximum Gasteiger partial charge on any atom is 0.416 e. The van der Waals surface area contributed by atoms with Crippen LogP contribution in [0.1, 0.15) is 11.1 Å². The Morgan fingerprint density at radius 2 is 1.83 bits per heavy atom. The number of nitro groups is 1. The number of imide groups is 1. The fraction of sp³-hybridized carbons (Fsp3) is 0.0588. The fourth-order valence-corrected chi connectivity index (χ4v) is 3.38. The first kappa shape index (κ1) is 20.9. The summed E-state index contributed by atoms with van der Waals surface area (Å²) in [4.78, 5) is 33.4. The van der Waals surface area contributed by atoms with Crippen molar-refractivity contribution in [2.24, 2.45) is 0 Å². The Hall–Kier alpha value is -2.86. The maximum absolute atomic E-state index is 12.8. The number of nitrogens with one attached hydrogen (secondary N) is 1. The lowest BCUT2D eigenvalue weighted by Crippen LogP contribution is -2.17. The zero-order valence-electron chi connectivity index (χ0n) is 14.0. The summed E-state index contributed by atoms with van der Waals surface area (Å²) in [5.74, 6) is -0.993. The minimum atomic E-state index is -4.75. The van der Waals surface area contributed by atoms with Gasteiger partial charge in [0.25, 0.3) is 11.1 Å². The standard InChI is InChI=1S/C17H8BrF3N2O5S/c18-10-2-4-12(8(5-10)6-14-15(24)22-16(25)29-14)28-13-3-1-9(17(19,20)21)7-11(13)23(26)27/h1-7H,(H,22,24,25)/b14-6-. The Kier molecular flexibility index (Phi) is 5.66. The molecule has 1 aliphatic heterocycles. The molecule has 150 valence electrons. The maximum atomic E-state index is 12.8. The van der Waals surface area contributed by atoms with Gasteiger partial charge in [-0.2, -0.15) is 13.2 Å². The van der Waals surface area contributed by atoms with E-state index in [9.17, 15) is 32.9 Å². The molecule has 2 amide bonds. The molecular weight excluding hydrogens is 481 g/mol. The van der Waals surface area contributed by atoms with Crippen LogP contribution in [0, 0.1) is 10.1 Å². The molecule has 0 unspecified atom stereocenters. The second-order valence-corrected chi connectivity index (χ2v) is 7.50. The summed E-state index contributed by atoms with van der Waals surface area (Å²) in [5.41, 5.74) is -1.78. The molecule has 0 saturated carbocycles. The van der Waals surface area contributed by atoms with Crippen LogP contribution in [-0.2, 0) is 11.0 Å². The average molecular weight is 489 g/mol. The van der Waals surface area contributed by atoms with Crippen molar-refractivity contribution >= 4 is 50.6 Å². The van der Waals surface area contributed by atoms with Gasteiger partial charge in [0, 0.05) is 16.1 Å². The highest BCUT2D eigenvalue weighted by Crippen LogP contribution is 2.39. The Labute approximate surface area is 173 Å². The van der Waals surface area contributed by atoms with Crippen molar-refractivity contribution in [1.82, 2.24) is 5.32 Å². The van der Waals surface area contributed by atoms with Gasteiger partial charge in [-0.3, -0.25) is 25.0 Å². The number of thioether (sulfide) groups is 1. The van der Waals surface area contributed by atoms with Gasteiger partial charge in [-0.1, -0.05) is 15.9 Å². The highest BCUT2D eigenvalue weighted by atomic mass is 79.9. The Morgan fingerprint density at radius 3 is 2.41 bits per heavy atom. The van der Waals surface area contributed by atoms with Gasteiger partial charge in [0.1, 0.15) is 5.75 Å². The van der Waals surface area contributed by atoms with E-state index in [1.165, 1.54) is 18.2 Å². The molecule has 1 N–H and O–H groups in total. The minimum absolute atomic E-state index is 0.0382.